The number of nitrogens with two attached hydrogens (primary N) is 2. The molecule has 3 aliphatic heterocycles. The summed E-state index contributed by atoms with van der Waals surface area (Å²) in [7, 11) is -0.953. The average molecular weight is 765 g/mol. The molecule has 0 radical (unpaired) electrons. The summed E-state index contributed by atoms with van der Waals surface area (Å²) in [5, 5.41) is 10.4. The lowest BCUT2D eigenvalue weighted by Crippen LogP contribution is -2.43. The maximum atomic E-state index is 17.4. The number of nitrogen functional groups attached to an aromatic ring is 2. The number of halogens is 3. The van der Waals surface area contributed by atoms with Crippen molar-refractivity contribution in [1.82, 2.24) is 19.9 Å². The van der Waals surface area contributed by atoms with Crippen molar-refractivity contribution in [3.63, 3.8) is 0 Å². The molecular formula is C36H35ClF2N8O3S2. The van der Waals surface area contributed by atoms with Crippen LogP contribution in [0.15, 0.2) is 30.5 Å². The topological polar surface area (TPSA) is 157 Å². The van der Waals surface area contributed by atoms with E-state index in [0.29, 0.717) is 23.9 Å². The highest BCUT2D eigenvalue weighted by Gasteiger charge is 2.50. The Labute approximate surface area is 309 Å². The van der Waals surface area contributed by atoms with Gasteiger partial charge >= 0.3 is 6.01 Å². The molecule has 6 heterocycles. The fourth-order valence-electron chi connectivity index (χ4n) is 8.15. The molecule has 5 aromatic rings. The van der Waals surface area contributed by atoms with Crippen LogP contribution in [-0.2, 0) is 10.8 Å². The fraction of sp³-hybridized carbons (Fsp3) is 0.389. The van der Waals surface area contributed by atoms with E-state index in [-0.39, 0.29) is 89.5 Å². The van der Waals surface area contributed by atoms with E-state index in [9.17, 15) is 9.47 Å². The molecular weight excluding hydrogens is 730 g/mol. The zero-order valence-corrected chi connectivity index (χ0v) is 30.8. The number of hydrogen-bond acceptors (Lipinski definition) is 12. The summed E-state index contributed by atoms with van der Waals surface area (Å²) in [6, 6.07) is 7.85. The van der Waals surface area contributed by atoms with Gasteiger partial charge in [0.15, 0.2) is 11.6 Å². The summed E-state index contributed by atoms with van der Waals surface area (Å²) < 4.78 is 58.2. The molecule has 0 amide bonds. The highest BCUT2D eigenvalue weighted by Crippen LogP contribution is 2.51. The molecule has 0 saturated carbocycles. The van der Waals surface area contributed by atoms with Crippen LogP contribution in [0.4, 0.5) is 25.4 Å². The molecule has 0 bridgehead atoms. The molecule has 2 aromatic carbocycles. The van der Waals surface area contributed by atoms with Gasteiger partial charge in [0.2, 0.25) is 0 Å². The Morgan fingerprint density at radius 1 is 1.25 bits per heavy atom. The van der Waals surface area contributed by atoms with Gasteiger partial charge in [-0.25, -0.2) is 13.8 Å². The van der Waals surface area contributed by atoms with E-state index < -0.39 is 22.4 Å². The maximum absolute atomic E-state index is 17.4. The zero-order chi connectivity index (χ0) is 36.5. The van der Waals surface area contributed by atoms with Crippen LogP contribution in [0.25, 0.3) is 32.1 Å². The normalized spacial score (nSPS) is 21.2. The SMILES string of the molecule is CCS(=O)[C@H]1CN2CCC[C@@]2(COc2nc3c4c(c(Cl)c(-c5ccc(F)c6sc(N)c(C#N)c56)c(F)c4n2)OCCN3[C@H](C)c2cccnc2N)C1. The smallest absolute Gasteiger partial charge is 0.319 e. The zero-order valence-electron chi connectivity index (χ0n) is 28.4. The minimum Gasteiger partial charge on any atom is -0.489 e. The number of ether oxygens (including phenoxy) is 2. The van der Waals surface area contributed by atoms with E-state index in [1.807, 2.05) is 30.9 Å². The van der Waals surface area contributed by atoms with Gasteiger partial charge in [-0.2, -0.15) is 15.2 Å². The van der Waals surface area contributed by atoms with Gasteiger partial charge in [-0.15, -0.1) is 11.3 Å². The van der Waals surface area contributed by atoms with E-state index in [1.165, 1.54) is 12.1 Å². The minimum atomic E-state index is -0.953. The molecule has 16 heteroatoms. The van der Waals surface area contributed by atoms with Crippen LogP contribution in [0.2, 0.25) is 5.02 Å². The van der Waals surface area contributed by atoms with Gasteiger partial charge < -0.3 is 25.8 Å². The molecule has 2 fully saturated rings. The molecule has 0 spiro atoms. The number of pyridine rings is 1. The Kier molecular flexibility index (Phi) is 8.84. The van der Waals surface area contributed by atoms with Crippen molar-refractivity contribution in [3.8, 4) is 29.0 Å². The number of nitrogens with zero attached hydrogens (tertiary/aromatic N) is 6. The van der Waals surface area contributed by atoms with Gasteiger partial charge in [-0.05, 0) is 50.4 Å². The van der Waals surface area contributed by atoms with E-state index >= 15 is 8.78 Å². The summed E-state index contributed by atoms with van der Waals surface area (Å²) in [5.74, 6) is -0.0205. The Bertz CT molecular complexity index is 2340. The van der Waals surface area contributed by atoms with E-state index in [1.54, 1.807) is 12.3 Å². The molecule has 11 nitrogen and oxygen atoms in total. The van der Waals surface area contributed by atoms with Gasteiger partial charge in [0, 0.05) is 51.1 Å². The Morgan fingerprint density at radius 3 is 2.85 bits per heavy atom. The molecule has 0 aliphatic carbocycles. The number of anilines is 3. The monoisotopic (exact) mass is 764 g/mol. The first-order chi connectivity index (χ1) is 25.1. The minimum absolute atomic E-state index is 0.0255. The molecule has 3 aromatic heterocycles. The van der Waals surface area contributed by atoms with Crippen LogP contribution < -0.4 is 25.8 Å². The van der Waals surface area contributed by atoms with Crippen LogP contribution in [0.1, 0.15) is 50.3 Å². The predicted octanol–water partition coefficient (Wildman–Crippen LogP) is 6.59. The number of fused-ring (bicyclic) bond motifs is 2. The van der Waals surface area contributed by atoms with Crippen LogP contribution in [0.5, 0.6) is 11.8 Å². The van der Waals surface area contributed by atoms with Crippen LogP contribution in [0.3, 0.4) is 0 Å². The van der Waals surface area contributed by atoms with Crippen LogP contribution in [-0.4, -0.2) is 73.5 Å². The van der Waals surface area contributed by atoms with Crippen molar-refractivity contribution in [3.05, 3.63) is 58.2 Å². The Hall–Kier alpha value is -4.36. The number of nitriles is 1. The second-order valence-corrected chi connectivity index (χ2v) is 16.8. The van der Waals surface area contributed by atoms with E-state index in [4.69, 9.17) is 37.5 Å². The first kappa shape index (κ1) is 34.7. The Balaban J connectivity index is 1.33. The largest absolute Gasteiger partial charge is 0.489 e. The standard InChI is InChI=1S/C36H35ClF2N8O3S2/c1-3-52(48)19-14-36(9-5-11-46(36)16-19)17-50-35-44-29-26-30(49-13-12-47(34(26)45-35)18(2)20-6-4-10-43-32(20)41)27(37)25(28(29)39)21-7-8-23(38)31-24(21)22(15-40)33(42)51-31/h4,6-8,10,18-19H,3,5,9,11-14,16-17,42H2,1-2H3,(H2,41,43)/t18-,19-,36+,52?/m1/s1. The summed E-state index contributed by atoms with van der Waals surface area (Å²) in [4.78, 5) is 18.1. The molecule has 8 rings (SSSR count). The average Bonchev–Trinajstić information content (AvgIpc) is 3.76. The van der Waals surface area contributed by atoms with Crippen molar-refractivity contribution in [2.75, 3.05) is 55.0 Å². The molecule has 3 aliphatic rings. The molecule has 52 heavy (non-hydrogen) atoms. The van der Waals surface area contributed by atoms with Gasteiger partial charge in [-0.3, -0.25) is 9.11 Å². The van der Waals surface area contributed by atoms with Crippen molar-refractivity contribution in [1.29, 1.82) is 5.26 Å². The summed E-state index contributed by atoms with van der Waals surface area (Å²) in [6.45, 7) is 6.16. The molecule has 4 N–H and O–H groups in total. The van der Waals surface area contributed by atoms with Crippen molar-refractivity contribution < 1.29 is 22.5 Å². The van der Waals surface area contributed by atoms with Crippen molar-refractivity contribution in [2.45, 2.75) is 49.9 Å². The summed E-state index contributed by atoms with van der Waals surface area (Å²) in [5.41, 5.74) is 12.8. The third-order valence-corrected chi connectivity index (χ3v) is 13.7. The lowest BCUT2D eigenvalue weighted by Gasteiger charge is -2.32. The highest BCUT2D eigenvalue weighted by molar-refractivity contribution is 7.85. The van der Waals surface area contributed by atoms with Crippen molar-refractivity contribution in [2.24, 2.45) is 0 Å². The number of thiophene rings is 1. The van der Waals surface area contributed by atoms with Gasteiger partial charge in [0.05, 0.1) is 38.8 Å². The second kappa shape index (κ2) is 13.2. The lowest BCUT2D eigenvalue weighted by atomic mass is 9.95. The van der Waals surface area contributed by atoms with Crippen LogP contribution >= 0.6 is 22.9 Å². The molecule has 2 saturated heterocycles. The third-order valence-electron chi connectivity index (χ3n) is 10.7. The highest BCUT2D eigenvalue weighted by atomic mass is 35.5. The maximum Gasteiger partial charge on any atom is 0.319 e. The molecule has 4 atom stereocenters. The van der Waals surface area contributed by atoms with E-state index in [2.05, 4.69) is 14.9 Å². The predicted molar refractivity (Wildman–Crippen MR) is 200 cm³/mol. The number of benzene rings is 2. The molecule has 1 unspecified atom stereocenters. The van der Waals surface area contributed by atoms with Crippen molar-refractivity contribution >= 4 is 71.4 Å². The van der Waals surface area contributed by atoms with Gasteiger partial charge in [0.25, 0.3) is 0 Å². The summed E-state index contributed by atoms with van der Waals surface area (Å²) >= 11 is 7.99. The second-order valence-electron chi connectivity index (χ2n) is 13.4. The lowest BCUT2D eigenvalue weighted by molar-refractivity contribution is 0.108. The number of rotatable bonds is 8. The molecule has 270 valence electrons. The summed E-state index contributed by atoms with van der Waals surface area (Å²) in [6.07, 6.45) is 4.18. The Morgan fingerprint density at radius 2 is 2.08 bits per heavy atom. The number of hydrogen-bond donors (Lipinski definition) is 2. The fourth-order valence-corrected chi connectivity index (χ4v) is 10.7. The quantitative estimate of drug-likeness (QED) is 0.176. The van der Waals surface area contributed by atoms with Gasteiger partial charge in [-0.1, -0.05) is 30.7 Å². The number of aromatic nitrogens is 3. The first-order valence-electron chi connectivity index (χ1n) is 17.0. The van der Waals surface area contributed by atoms with Gasteiger partial charge in [0.1, 0.15) is 47.3 Å². The third kappa shape index (κ3) is 5.41. The first-order valence-corrected chi connectivity index (χ1v) is 19.6. The van der Waals surface area contributed by atoms with E-state index in [0.717, 1.165) is 49.3 Å². The van der Waals surface area contributed by atoms with Crippen LogP contribution in [0, 0.1) is 23.0 Å².